The average Bonchev–Trinajstić information content (AvgIpc) is 2.83. The molecule has 33 heavy (non-hydrogen) atoms. The van der Waals surface area contributed by atoms with Crippen LogP contribution in [0.25, 0.3) is 10.9 Å². The molecule has 0 atom stereocenters. The van der Waals surface area contributed by atoms with E-state index in [9.17, 15) is 14.9 Å². The second kappa shape index (κ2) is 9.69. The highest BCUT2D eigenvalue weighted by Crippen LogP contribution is 2.17. The van der Waals surface area contributed by atoms with Crippen molar-refractivity contribution in [2.45, 2.75) is 13.5 Å². The number of ether oxygens (including phenoxy) is 1. The second-order valence-corrected chi connectivity index (χ2v) is 7.29. The summed E-state index contributed by atoms with van der Waals surface area (Å²) < 4.78 is 5.71. The number of pyridine rings is 1. The van der Waals surface area contributed by atoms with Crippen LogP contribution in [0.1, 0.15) is 27.2 Å². The first-order valence-corrected chi connectivity index (χ1v) is 10.2. The smallest absolute Gasteiger partial charge is 0.273 e. The largest absolute Gasteiger partial charge is 0.489 e. The third kappa shape index (κ3) is 5.37. The summed E-state index contributed by atoms with van der Waals surface area (Å²) in [5.41, 5.74) is 6.14. The van der Waals surface area contributed by atoms with Crippen LogP contribution in [0.4, 0.5) is 5.69 Å². The molecule has 0 unspecified atom stereocenters. The minimum atomic E-state index is -0.437. The lowest BCUT2D eigenvalue weighted by atomic mass is 10.1. The van der Waals surface area contributed by atoms with Crippen LogP contribution in [-0.4, -0.2) is 22.0 Å². The zero-order chi connectivity index (χ0) is 23.2. The van der Waals surface area contributed by atoms with Crippen LogP contribution in [0.5, 0.6) is 5.75 Å². The SMILES string of the molecule is Cc1nc2ccccc2cc1C(=O)N/N=C\c1ccc(OCc2ccc([N+](=O)[O-])cc2)cc1. The lowest BCUT2D eigenvalue weighted by molar-refractivity contribution is -0.384. The topological polar surface area (TPSA) is 107 Å². The lowest BCUT2D eigenvalue weighted by Crippen LogP contribution is -2.19. The third-order valence-electron chi connectivity index (χ3n) is 4.97. The number of benzene rings is 3. The highest BCUT2D eigenvalue weighted by Gasteiger charge is 2.11. The number of nitro groups is 1. The summed E-state index contributed by atoms with van der Waals surface area (Å²) in [5.74, 6) is 0.317. The van der Waals surface area contributed by atoms with Gasteiger partial charge in [0.15, 0.2) is 0 Å². The van der Waals surface area contributed by atoms with Crippen LogP contribution >= 0.6 is 0 Å². The number of rotatable bonds is 7. The molecule has 0 saturated heterocycles. The maximum Gasteiger partial charge on any atom is 0.273 e. The fraction of sp³-hybridized carbons (Fsp3) is 0.0800. The number of carbonyl (C=O) groups is 1. The number of para-hydroxylation sites is 1. The fourth-order valence-corrected chi connectivity index (χ4v) is 3.20. The standard InChI is InChI=1S/C25H20N4O4/c1-17-23(14-20-4-2-3-5-24(20)27-17)25(30)28-26-15-18-8-12-22(13-9-18)33-16-19-6-10-21(11-7-19)29(31)32/h2-15H,16H2,1H3,(H,28,30)/b26-15-. The van der Waals surface area contributed by atoms with E-state index in [1.54, 1.807) is 43.5 Å². The summed E-state index contributed by atoms with van der Waals surface area (Å²) in [6.45, 7) is 2.08. The van der Waals surface area contributed by atoms with Crippen LogP contribution < -0.4 is 10.2 Å². The molecule has 0 aliphatic carbocycles. The molecule has 8 heteroatoms. The number of aryl methyl sites for hydroxylation is 1. The van der Waals surface area contributed by atoms with E-state index in [1.165, 1.54) is 12.1 Å². The van der Waals surface area contributed by atoms with Crippen molar-refractivity contribution in [2.75, 3.05) is 0 Å². The first-order chi connectivity index (χ1) is 16.0. The Morgan fingerprint density at radius 2 is 1.82 bits per heavy atom. The number of hydrogen-bond acceptors (Lipinski definition) is 6. The van der Waals surface area contributed by atoms with Crippen molar-refractivity contribution < 1.29 is 14.5 Å². The van der Waals surface area contributed by atoms with Gasteiger partial charge in [-0.05, 0) is 66.6 Å². The highest BCUT2D eigenvalue weighted by molar-refractivity contribution is 5.99. The fourth-order valence-electron chi connectivity index (χ4n) is 3.20. The van der Waals surface area contributed by atoms with Gasteiger partial charge in [-0.25, -0.2) is 5.43 Å². The highest BCUT2D eigenvalue weighted by atomic mass is 16.6. The molecular weight excluding hydrogens is 420 g/mol. The van der Waals surface area contributed by atoms with E-state index >= 15 is 0 Å². The van der Waals surface area contributed by atoms with E-state index in [4.69, 9.17) is 4.74 Å². The summed E-state index contributed by atoms with van der Waals surface area (Å²) in [5, 5.41) is 15.6. The minimum absolute atomic E-state index is 0.0431. The van der Waals surface area contributed by atoms with Gasteiger partial charge in [0.05, 0.1) is 27.9 Å². The molecule has 3 aromatic carbocycles. The van der Waals surface area contributed by atoms with Crippen molar-refractivity contribution in [2.24, 2.45) is 5.10 Å². The Kier molecular flexibility index (Phi) is 6.36. The van der Waals surface area contributed by atoms with Crippen LogP contribution in [-0.2, 0) is 6.61 Å². The van der Waals surface area contributed by atoms with E-state index < -0.39 is 4.92 Å². The van der Waals surface area contributed by atoms with E-state index in [2.05, 4.69) is 15.5 Å². The minimum Gasteiger partial charge on any atom is -0.489 e. The molecule has 0 aliphatic heterocycles. The molecule has 0 spiro atoms. The zero-order valence-corrected chi connectivity index (χ0v) is 17.8. The molecule has 0 aliphatic rings. The van der Waals surface area contributed by atoms with Crippen molar-refractivity contribution in [3.63, 3.8) is 0 Å². The van der Waals surface area contributed by atoms with E-state index in [1.807, 2.05) is 36.4 Å². The van der Waals surface area contributed by atoms with Gasteiger partial charge in [0, 0.05) is 17.5 Å². The number of nitrogens with one attached hydrogen (secondary N) is 1. The summed E-state index contributed by atoms with van der Waals surface area (Å²) in [4.78, 5) is 27.2. The first-order valence-electron chi connectivity index (χ1n) is 10.2. The Hall–Kier alpha value is -4.59. The molecule has 4 aromatic rings. The Balaban J connectivity index is 1.33. The molecule has 0 saturated carbocycles. The van der Waals surface area contributed by atoms with Crippen LogP contribution in [0.15, 0.2) is 84.0 Å². The third-order valence-corrected chi connectivity index (χ3v) is 4.97. The Morgan fingerprint density at radius 1 is 1.09 bits per heavy atom. The summed E-state index contributed by atoms with van der Waals surface area (Å²) in [6, 6.07) is 22.8. The van der Waals surface area contributed by atoms with E-state index in [-0.39, 0.29) is 11.6 Å². The Morgan fingerprint density at radius 3 is 2.55 bits per heavy atom. The Bertz CT molecular complexity index is 1330. The lowest BCUT2D eigenvalue weighted by Gasteiger charge is -2.07. The predicted molar refractivity (Wildman–Crippen MR) is 125 cm³/mol. The van der Waals surface area contributed by atoms with Gasteiger partial charge in [-0.2, -0.15) is 5.10 Å². The van der Waals surface area contributed by atoms with Crippen molar-refractivity contribution in [3.05, 3.63) is 111 Å². The Labute approximate surface area is 189 Å². The summed E-state index contributed by atoms with van der Waals surface area (Å²) >= 11 is 0. The zero-order valence-electron chi connectivity index (χ0n) is 17.8. The van der Waals surface area contributed by atoms with Gasteiger partial charge < -0.3 is 4.74 Å². The molecular formula is C25H20N4O4. The first kappa shape index (κ1) is 21.6. The number of nitrogens with zero attached hydrogens (tertiary/aromatic N) is 3. The number of amides is 1. The van der Waals surface area contributed by atoms with Crippen molar-refractivity contribution in [1.82, 2.24) is 10.4 Å². The number of aromatic nitrogens is 1. The number of hydrogen-bond donors (Lipinski definition) is 1. The molecule has 0 bridgehead atoms. The molecule has 164 valence electrons. The van der Waals surface area contributed by atoms with Gasteiger partial charge in [0.1, 0.15) is 12.4 Å². The van der Waals surface area contributed by atoms with E-state index in [0.717, 1.165) is 22.0 Å². The molecule has 1 N–H and O–H groups in total. The van der Waals surface area contributed by atoms with Crippen LogP contribution in [0, 0.1) is 17.0 Å². The average molecular weight is 440 g/mol. The van der Waals surface area contributed by atoms with Crippen molar-refractivity contribution in [1.29, 1.82) is 0 Å². The quantitative estimate of drug-likeness (QED) is 0.252. The van der Waals surface area contributed by atoms with Crippen molar-refractivity contribution >= 4 is 28.7 Å². The van der Waals surface area contributed by atoms with Gasteiger partial charge in [-0.15, -0.1) is 0 Å². The second-order valence-electron chi connectivity index (χ2n) is 7.29. The molecule has 1 amide bonds. The van der Waals surface area contributed by atoms with Gasteiger partial charge >= 0.3 is 0 Å². The van der Waals surface area contributed by atoms with Gasteiger partial charge in [0.2, 0.25) is 0 Å². The van der Waals surface area contributed by atoms with Crippen LogP contribution in [0.3, 0.4) is 0 Å². The molecule has 1 aromatic heterocycles. The molecule has 0 radical (unpaired) electrons. The molecule has 8 nitrogen and oxygen atoms in total. The molecule has 4 rings (SSSR count). The normalized spacial score (nSPS) is 10.9. The van der Waals surface area contributed by atoms with Crippen molar-refractivity contribution in [3.8, 4) is 5.75 Å². The van der Waals surface area contributed by atoms with Gasteiger partial charge in [-0.3, -0.25) is 19.9 Å². The maximum atomic E-state index is 12.5. The van der Waals surface area contributed by atoms with E-state index in [0.29, 0.717) is 23.6 Å². The number of non-ortho nitro benzene ring substituents is 1. The van der Waals surface area contributed by atoms with Gasteiger partial charge in [-0.1, -0.05) is 18.2 Å². The molecule has 1 heterocycles. The molecule has 0 fully saturated rings. The number of nitro benzene ring substituents is 1. The maximum absolute atomic E-state index is 12.5. The number of carbonyl (C=O) groups excluding carboxylic acids is 1. The monoisotopic (exact) mass is 440 g/mol. The number of hydrazone groups is 1. The summed E-state index contributed by atoms with van der Waals surface area (Å²) in [6.07, 6.45) is 1.54. The van der Waals surface area contributed by atoms with Gasteiger partial charge in [0.25, 0.3) is 11.6 Å². The predicted octanol–water partition coefficient (Wildman–Crippen LogP) is 4.79. The summed E-state index contributed by atoms with van der Waals surface area (Å²) in [7, 11) is 0. The van der Waals surface area contributed by atoms with Crippen LogP contribution in [0.2, 0.25) is 0 Å². The number of fused-ring (bicyclic) bond motifs is 1.